The lowest BCUT2D eigenvalue weighted by Crippen LogP contribution is -2.47. The molecule has 4 rings (SSSR count). The molecule has 1 N–H and O–H groups in total. The molecular weight excluding hydrogens is 442 g/mol. The smallest absolute Gasteiger partial charge is 0.243 e. The Bertz CT molecular complexity index is 1160. The summed E-state index contributed by atoms with van der Waals surface area (Å²) in [6.07, 6.45) is 3.02. The number of carbonyl (C=O) groups is 2. The molecule has 0 radical (unpaired) electrons. The summed E-state index contributed by atoms with van der Waals surface area (Å²) in [5.41, 5.74) is 2.15. The van der Waals surface area contributed by atoms with Crippen LogP contribution in [0.15, 0.2) is 47.4 Å². The maximum Gasteiger partial charge on any atom is 0.243 e. The number of amides is 2. The highest BCUT2D eigenvalue weighted by Crippen LogP contribution is 2.35. The fourth-order valence-corrected chi connectivity index (χ4v) is 6.10. The number of nitrogens with zero attached hydrogens (tertiary/aromatic N) is 2. The van der Waals surface area contributed by atoms with Crippen LogP contribution in [-0.2, 0) is 32.6 Å². The van der Waals surface area contributed by atoms with Crippen LogP contribution in [0, 0.1) is 0 Å². The number of methoxy groups -OCH3 is 1. The Morgan fingerprint density at radius 3 is 2.55 bits per heavy atom. The van der Waals surface area contributed by atoms with Gasteiger partial charge in [-0.3, -0.25) is 14.5 Å². The Labute approximate surface area is 194 Å². The molecule has 2 aliphatic heterocycles. The Hall–Kier alpha value is -2.91. The molecule has 0 aliphatic carbocycles. The van der Waals surface area contributed by atoms with E-state index in [1.165, 1.54) is 22.2 Å². The van der Waals surface area contributed by atoms with Crippen molar-refractivity contribution in [3.8, 4) is 5.75 Å². The van der Waals surface area contributed by atoms with E-state index >= 15 is 0 Å². The minimum atomic E-state index is -3.59. The number of sulfonamides is 1. The molecule has 2 amide bonds. The standard InChI is InChI=1S/C24H29N3O5S/c1-17(28)27-22-10-9-21(33(30,31)26-11-4-3-5-12-26)14-19(22)15-23(27)24(29)25-16-18-7-6-8-20(13-18)32-2/h6-10,13-14,23H,3-5,11-12,15-16H2,1-2H3,(H,25,29). The third-order valence-corrected chi connectivity index (χ3v) is 8.13. The first-order chi connectivity index (χ1) is 15.8. The van der Waals surface area contributed by atoms with Crippen molar-refractivity contribution in [2.75, 3.05) is 25.1 Å². The van der Waals surface area contributed by atoms with E-state index in [9.17, 15) is 18.0 Å². The third kappa shape index (κ3) is 4.74. The normalized spacial score (nSPS) is 18.6. The topological polar surface area (TPSA) is 96.0 Å². The second kappa shape index (κ2) is 9.52. The van der Waals surface area contributed by atoms with Gasteiger partial charge >= 0.3 is 0 Å². The van der Waals surface area contributed by atoms with Gasteiger partial charge in [0.2, 0.25) is 21.8 Å². The number of carbonyl (C=O) groups excluding carboxylic acids is 2. The zero-order valence-electron chi connectivity index (χ0n) is 18.9. The largest absolute Gasteiger partial charge is 0.497 e. The number of rotatable bonds is 6. The molecule has 0 saturated carbocycles. The summed E-state index contributed by atoms with van der Waals surface area (Å²) in [4.78, 5) is 27.1. The lowest BCUT2D eigenvalue weighted by Gasteiger charge is -2.26. The molecule has 0 aromatic heterocycles. The number of hydrogen-bond donors (Lipinski definition) is 1. The van der Waals surface area contributed by atoms with Crippen molar-refractivity contribution in [1.82, 2.24) is 9.62 Å². The molecule has 2 aromatic rings. The number of nitrogens with one attached hydrogen (secondary N) is 1. The predicted molar refractivity (Wildman–Crippen MR) is 125 cm³/mol. The minimum absolute atomic E-state index is 0.212. The maximum absolute atomic E-state index is 13.1. The van der Waals surface area contributed by atoms with Gasteiger partial charge in [0.1, 0.15) is 11.8 Å². The van der Waals surface area contributed by atoms with Gasteiger partial charge in [-0.1, -0.05) is 18.6 Å². The van der Waals surface area contributed by atoms with Crippen LogP contribution < -0.4 is 15.0 Å². The average molecular weight is 472 g/mol. The first-order valence-electron chi connectivity index (χ1n) is 11.1. The fourth-order valence-electron chi connectivity index (χ4n) is 4.53. The van der Waals surface area contributed by atoms with Gasteiger partial charge in [0.15, 0.2) is 0 Å². The molecule has 2 heterocycles. The summed E-state index contributed by atoms with van der Waals surface area (Å²) >= 11 is 0. The quantitative estimate of drug-likeness (QED) is 0.698. The van der Waals surface area contributed by atoms with E-state index in [4.69, 9.17) is 4.74 Å². The van der Waals surface area contributed by atoms with Crippen LogP contribution in [0.1, 0.15) is 37.3 Å². The first kappa shape index (κ1) is 23.3. The first-order valence-corrected chi connectivity index (χ1v) is 12.6. The van der Waals surface area contributed by atoms with E-state index in [0.29, 0.717) is 36.6 Å². The predicted octanol–water partition coefficient (Wildman–Crippen LogP) is 2.46. The monoisotopic (exact) mass is 471 g/mol. The molecule has 0 spiro atoms. The summed E-state index contributed by atoms with van der Waals surface area (Å²) in [6, 6.07) is 11.5. The van der Waals surface area contributed by atoms with Gasteiger partial charge in [-0.05, 0) is 54.3 Å². The van der Waals surface area contributed by atoms with Gasteiger partial charge in [0.25, 0.3) is 0 Å². The average Bonchev–Trinajstić information content (AvgIpc) is 3.22. The highest BCUT2D eigenvalue weighted by atomic mass is 32.2. The molecular formula is C24H29N3O5S. The van der Waals surface area contributed by atoms with Gasteiger partial charge in [-0.2, -0.15) is 4.31 Å². The van der Waals surface area contributed by atoms with Crippen molar-refractivity contribution >= 4 is 27.5 Å². The second-order valence-electron chi connectivity index (χ2n) is 8.43. The van der Waals surface area contributed by atoms with Gasteiger partial charge in [-0.25, -0.2) is 8.42 Å². The maximum atomic E-state index is 13.1. The molecule has 1 atom stereocenters. The lowest BCUT2D eigenvalue weighted by molar-refractivity contribution is -0.125. The number of benzene rings is 2. The summed E-state index contributed by atoms with van der Waals surface area (Å²) < 4.78 is 32.9. The van der Waals surface area contributed by atoms with Gasteiger partial charge < -0.3 is 10.1 Å². The lowest BCUT2D eigenvalue weighted by atomic mass is 10.1. The Kier molecular flexibility index (Phi) is 6.71. The van der Waals surface area contributed by atoms with Crippen molar-refractivity contribution < 1.29 is 22.7 Å². The van der Waals surface area contributed by atoms with Crippen LogP contribution in [0.4, 0.5) is 5.69 Å². The summed E-state index contributed by atoms with van der Waals surface area (Å²) in [5.74, 6) is 0.148. The van der Waals surface area contributed by atoms with Crippen molar-refractivity contribution in [3.63, 3.8) is 0 Å². The molecule has 8 nitrogen and oxygen atoms in total. The van der Waals surface area contributed by atoms with E-state index in [-0.39, 0.29) is 23.1 Å². The summed E-state index contributed by atoms with van der Waals surface area (Å²) in [6.45, 7) is 2.75. The summed E-state index contributed by atoms with van der Waals surface area (Å²) in [5, 5.41) is 2.89. The van der Waals surface area contributed by atoms with E-state index in [1.807, 2.05) is 24.3 Å². The number of anilines is 1. The number of ether oxygens (including phenoxy) is 1. The zero-order valence-corrected chi connectivity index (χ0v) is 19.7. The molecule has 33 heavy (non-hydrogen) atoms. The van der Waals surface area contributed by atoms with Crippen LogP contribution in [0.3, 0.4) is 0 Å². The van der Waals surface area contributed by atoms with Crippen LogP contribution in [-0.4, -0.2) is 50.8 Å². The molecule has 9 heteroatoms. The SMILES string of the molecule is COc1cccc(CNC(=O)C2Cc3cc(S(=O)(=O)N4CCCCC4)ccc3N2C(C)=O)c1. The molecule has 0 bridgehead atoms. The molecule has 1 saturated heterocycles. The van der Waals surface area contributed by atoms with E-state index < -0.39 is 16.1 Å². The van der Waals surface area contributed by atoms with E-state index in [1.54, 1.807) is 19.2 Å². The molecule has 2 aromatic carbocycles. The van der Waals surface area contributed by atoms with Crippen LogP contribution in [0.2, 0.25) is 0 Å². The van der Waals surface area contributed by atoms with Crippen molar-refractivity contribution in [3.05, 3.63) is 53.6 Å². The molecule has 1 unspecified atom stereocenters. The van der Waals surface area contributed by atoms with Crippen LogP contribution in [0.25, 0.3) is 0 Å². The second-order valence-corrected chi connectivity index (χ2v) is 10.4. The van der Waals surface area contributed by atoms with Crippen molar-refractivity contribution in [2.24, 2.45) is 0 Å². The summed E-state index contributed by atoms with van der Waals surface area (Å²) in [7, 11) is -2.01. The number of piperidine rings is 1. The van der Waals surface area contributed by atoms with Crippen LogP contribution >= 0.6 is 0 Å². The number of fused-ring (bicyclic) bond motifs is 1. The van der Waals surface area contributed by atoms with Crippen LogP contribution in [0.5, 0.6) is 5.75 Å². The molecule has 2 aliphatic rings. The van der Waals surface area contributed by atoms with E-state index in [2.05, 4.69) is 5.32 Å². The number of hydrogen-bond acceptors (Lipinski definition) is 5. The Morgan fingerprint density at radius 1 is 1.09 bits per heavy atom. The highest BCUT2D eigenvalue weighted by Gasteiger charge is 2.38. The highest BCUT2D eigenvalue weighted by molar-refractivity contribution is 7.89. The minimum Gasteiger partial charge on any atom is -0.497 e. The van der Waals surface area contributed by atoms with Crippen molar-refractivity contribution in [2.45, 2.75) is 50.1 Å². The zero-order chi connectivity index (χ0) is 23.6. The van der Waals surface area contributed by atoms with Gasteiger partial charge in [0.05, 0.1) is 12.0 Å². The van der Waals surface area contributed by atoms with E-state index in [0.717, 1.165) is 24.8 Å². The Balaban J connectivity index is 1.53. The van der Waals surface area contributed by atoms with Crippen molar-refractivity contribution in [1.29, 1.82) is 0 Å². The Morgan fingerprint density at radius 2 is 1.85 bits per heavy atom. The van der Waals surface area contributed by atoms with Gasteiger partial charge in [0, 0.05) is 38.7 Å². The third-order valence-electron chi connectivity index (χ3n) is 6.23. The molecule has 1 fully saturated rings. The van der Waals surface area contributed by atoms with Gasteiger partial charge in [-0.15, -0.1) is 0 Å². The fraction of sp³-hybridized carbons (Fsp3) is 0.417. The molecule has 176 valence electrons.